The van der Waals surface area contributed by atoms with Gasteiger partial charge in [0.1, 0.15) is 5.69 Å². The highest BCUT2D eigenvalue weighted by Gasteiger charge is 2.49. The van der Waals surface area contributed by atoms with Crippen molar-refractivity contribution >= 4 is 6.03 Å². The van der Waals surface area contributed by atoms with Crippen LogP contribution in [0.2, 0.25) is 0 Å². The third-order valence-electron chi connectivity index (χ3n) is 9.20. The van der Waals surface area contributed by atoms with Crippen molar-refractivity contribution in [1.82, 2.24) is 24.2 Å². The lowest BCUT2D eigenvalue weighted by Gasteiger charge is -2.44. The molecule has 1 unspecified atom stereocenters. The van der Waals surface area contributed by atoms with Crippen LogP contribution in [0, 0.1) is 18.3 Å². The fourth-order valence-electron chi connectivity index (χ4n) is 6.82. The molecule has 2 fully saturated rings. The Morgan fingerprint density at radius 2 is 1.72 bits per heavy atom. The number of nitrogens with one attached hydrogen (secondary N) is 1. The Balaban J connectivity index is 1.48. The summed E-state index contributed by atoms with van der Waals surface area (Å²) in [6.07, 6.45) is 0.594. The van der Waals surface area contributed by atoms with E-state index in [0.717, 1.165) is 51.4 Å². The number of rotatable bonds is 4. The zero-order valence-electron chi connectivity index (χ0n) is 24.0. The van der Waals surface area contributed by atoms with Crippen LogP contribution < -0.4 is 11.0 Å². The van der Waals surface area contributed by atoms with Gasteiger partial charge in [-0.15, -0.1) is 0 Å². The summed E-state index contributed by atoms with van der Waals surface area (Å²) in [5, 5.41) is 16.7. The smallest absolute Gasteiger partial charge is 0.334 e. The molecule has 2 aliphatic rings. The van der Waals surface area contributed by atoms with Gasteiger partial charge in [0.15, 0.2) is 0 Å². The van der Waals surface area contributed by atoms with Crippen LogP contribution in [0.5, 0.6) is 0 Å². The lowest BCUT2D eigenvalue weighted by molar-refractivity contribution is -0.930. The second kappa shape index (κ2) is 10.3. The molecule has 0 saturated carbocycles. The Morgan fingerprint density at radius 1 is 1.05 bits per heavy atom. The number of nitrogens with zero attached hydrogens (tertiary/aromatic N) is 6. The van der Waals surface area contributed by atoms with Crippen molar-refractivity contribution in [2.75, 3.05) is 14.1 Å². The minimum absolute atomic E-state index is 0.00989. The molecular weight excluding hydrogens is 559 g/mol. The summed E-state index contributed by atoms with van der Waals surface area (Å²) in [5.74, 6) is 0. The number of carbonyl (C=O) groups excluding carboxylic acids is 1. The van der Waals surface area contributed by atoms with Crippen molar-refractivity contribution in [2.24, 2.45) is 0 Å². The van der Waals surface area contributed by atoms with E-state index in [-0.39, 0.29) is 23.1 Å². The summed E-state index contributed by atoms with van der Waals surface area (Å²) in [6, 6.07) is 14.8. The number of quaternary nitrogens is 1. The fraction of sp³-hybridized carbons (Fsp3) is 0.355. The number of benzene rings is 2. The monoisotopic (exact) mass is 590 g/mol. The first-order chi connectivity index (χ1) is 20.4. The molecule has 43 heavy (non-hydrogen) atoms. The first kappa shape index (κ1) is 28.5. The average molecular weight is 591 g/mol. The highest BCUT2D eigenvalue weighted by molar-refractivity contribution is 5.83. The Morgan fingerprint density at radius 3 is 2.35 bits per heavy atom. The van der Waals surface area contributed by atoms with Gasteiger partial charge in [-0.1, -0.05) is 6.07 Å². The highest BCUT2D eigenvalue weighted by atomic mass is 19.4. The number of amides is 1. The Hall–Kier alpha value is -4.63. The molecule has 2 saturated heterocycles. The van der Waals surface area contributed by atoms with E-state index in [9.17, 15) is 28.0 Å². The maximum atomic E-state index is 14.0. The van der Waals surface area contributed by atoms with E-state index < -0.39 is 23.5 Å². The maximum Gasteiger partial charge on any atom is 0.416 e. The van der Waals surface area contributed by atoms with E-state index in [4.69, 9.17) is 0 Å². The van der Waals surface area contributed by atoms with Crippen molar-refractivity contribution in [3.05, 3.63) is 88.1 Å². The van der Waals surface area contributed by atoms with Crippen LogP contribution in [0.15, 0.2) is 65.6 Å². The van der Waals surface area contributed by atoms with E-state index in [2.05, 4.69) is 30.6 Å². The number of imidazole rings is 1. The van der Waals surface area contributed by atoms with Crippen LogP contribution in [0.1, 0.15) is 42.5 Å². The third kappa shape index (κ3) is 4.83. The third-order valence-corrected chi connectivity index (χ3v) is 9.20. The number of hydrogen-bond donors (Lipinski definition) is 1. The molecular formula is C31H31F3N7O2+. The molecule has 0 aliphatic carbocycles. The molecule has 1 N–H and O–H groups in total. The van der Waals surface area contributed by atoms with Crippen LogP contribution >= 0.6 is 0 Å². The molecule has 4 heterocycles. The predicted octanol–water partition coefficient (Wildman–Crippen LogP) is 5.02. The van der Waals surface area contributed by atoms with Gasteiger partial charge in [-0.25, -0.2) is 18.8 Å². The van der Waals surface area contributed by atoms with Gasteiger partial charge in [-0.05, 0) is 55.5 Å². The second-order valence-electron chi connectivity index (χ2n) is 11.9. The summed E-state index contributed by atoms with van der Waals surface area (Å²) >= 11 is 0. The first-order valence-corrected chi connectivity index (χ1v) is 14.1. The highest BCUT2D eigenvalue weighted by Crippen LogP contribution is 2.39. The fourth-order valence-corrected chi connectivity index (χ4v) is 6.82. The molecule has 222 valence electrons. The molecule has 0 radical (unpaired) electrons. The number of carbonyl (C=O) groups is 1. The maximum absolute atomic E-state index is 14.0. The molecule has 4 aromatic rings. The first-order valence-electron chi connectivity index (χ1n) is 14.1. The topological polar surface area (TPSA) is 97.6 Å². The number of alkyl halides is 3. The predicted molar refractivity (Wildman–Crippen MR) is 153 cm³/mol. The van der Waals surface area contributed by atoms with Crippen LogP contribution in [-0.4, -0.2) is 61.6 Å². The van der Waals surface area contributed by atoms with E-state index >= 15 is 0 Å². The molecule has 2 aromatic carbocycles. The molecule has 3 atom stereocenters. The van der Waals surface area contributed by atoms with Gasteiger partial charge in [0.05, 0.1) is 72.3 Å². The van der Waals surface area contributed by atoms with Gasteiger partial charge in [0, 0.05) is 31.7 Å². The SMILES string of the molecule is Cc1c(-c2ccnn2-c2ccc(C#N)cc2)n(C(=O)NC2C[C@H]3CC[C@@H](C2)[N+]3(C)C)c(=O)n1-c1cccc(C(F)(F)F)c1. The quantitative estimate of drug-likeness (QED) is 0.338. The molecule has 12 heteroatoms. The van der Waals surface area contributed by atoms with Crippen LogP contribution in [-0.2, 0) is 6.18 Å². The van der Waals surface area contributed by atoms with E-state index in [0.29, 0.717) is 29.0 Å². The van der Waals surface area contributed by atoms with Gasteiger partial charge < -0.3 is 9.80 Å². The van der Waals surface area contributed by atoms with E-state index in [1.165, 1.54) is 23.0 Å². The number of piperidine rings is 1. The normalized spacial score (nSPS) is 21.0. The minimum Gasteiger partial charge on any atom is -0.334 e. The van der Waals surface area contributed by atoms with Crippen LogP contribution in [0.25, 0.3) is 22.8 Å². The summed E-state index contributed by atoms with van der Waals surface area (Å²) in [7, 11) is 4.43. The zero-order chi connectivity index (χ0) is 30.7. The van der Waals surface area contributed by atoms with E-state index in [1.54, 1.807) is 37.3 Å². The van der Waals surface area contributed by atoms with Gasteiger partial charge >= 0.3 is 17.9 Å². The molecule has 2 aromatic heterocycles. The molecule has 6 rings (SSSR count). The standard InChI is InChI=1S/C31H30F3N7O2/c1-19-28(27-13-14-36-40(27)23-9-7-20(18-35)8-10-23)39(29(42)37-22-16-25-11-12-26(17-22)41(25,2)3)30(43)38(19)24-6-4-5-21(15-24)31(32,33)34/h4-10,13-15,22,25-26H,11-12,16-17H2,1-3H3/p+1/t22?,25-,26+. The number of aromatic nitrogens is 4. The van der Waals surface area contributed by atoms with Crippen molar-refractivity contribution in [1.29, 1.82) is 5.26 Å². The Labute approximate surface area is 246 Å². The van der Waals surface area contributed by atoms with Gasteiger partial charge in [0.25, 0.3) is 0 Å². The Kier molecular flexibility index (Phi) is 6.81. The average Bonchev–Trinajstić information content (AvgIpc) is 3.56. The number of nitriles is 1. The molecule has 9 nitrogen and oxygen atoms in total. The van der Waals surface area contributed by atoms with Crippen molar-refractivity contribution in [2.45, 2.75) is 56.9 Å². The summed E-state index contributed by atoms with van der Waals surface area (Å²) in [4.78, 5) is 28.0. The summed E-state index contributed by atoms with van der Waals surface area (Å²) in [5.41, 5.74) is 0.194. The van der Waals surface area contributed by atoms with Crippen LogP contribution in [0.4, 0.5) is 18.0 Å². The lowest BCUT2D eigenvalue weighted by atomic mass is 9.96. The minimum atomic E-state index is -4.61. The van der Waals surface area contributed by atoms with Crippen molar-refractivity contribution in [3.63, 3.8) is 0 Å². The largest absolute Gasteiger partial charge is 0.416 e. The molecule has 2 aliphatic heterocycles. The Bertz CT molecular complexity index is 1790. The molecule has 0 spiro atoms. The second-order valence-corrected chi connectivity index (χ2v) is 11.9. The van der Waals surface area contributed by atoms with Crippen molar-refractivity contribution in [3.8, 4) is 28.8 Å². The van der Waals surface area contributed by atoms with E-state index in [1.807, 2.05) is 0 Å². The van der Waals surface area contributed by atoms with Gasteiger partial charge in [-0.3, -0.25) is 4.57 Å². The molecule has 2 bridgehead atoms. The number of fused-ring (bicyclic) bond motifs is 2. The molecule has 1 amide bonds. The van der Waals surface area contributed by atoms with Crippen LogP contribution in [0.3, 0.4) is 0 Å². The zero-order valence-corrected chi connectivity index (χ0v) is 24.0. The summed E-state index contributed by atoms with van der Waals surface area (Å²) < 4.78 is 45.4. The summed E-state index contributed by atoms with van der Waals surface area (Å²) in [6.45, 7) is 1.59. The number of halogens is 3. The van der Waals surface area contributed by atoms with Crippen molar-refractivity contribution < 1.29 is 22.4 Å². The number of hydrogen-bond acceptors (Lipinski definition) is 4. The van der Waals surface area contributed by atoms with Gasteiger partial charge in [-0.2, -0.15) is 23.5 Å². The lowest BCUT2D eigenvalue weighted by Crippen LogP contribution is -2.59. The van der Waals surface area contributed by atoms with Gasteiger partial charge in [0.2, 0.25) is 0 Å².